The third-order valence-electron chi connectivity index (χ3n) is 5.82. The number of nitrogens with one attached hydrogen (secondary N) is 1. The molecule has 0 aliphatic heterocycles. The third kappa shape index (κ3) is 5.25. The van der Waals surface area contributed by atoms with Crippen LogP contribution in [-0.4, -0.2) is 15.5 Å². The molecule has 0 unspecified atom stereocenters. The van der Waals surface area contributed by atoms with Crippen molar-refractivity contribution in [3.63, 3.8) is 0 Å². The van der Waals surface area contributed by atoms with Gasteiger partial charge in [0, 0.05) is 13.0 Å². The van der Waals surface area contributed by atoms with Gasteiger partial charge in [0.2, 0.25) is 5.91 Å². The van der Waals surface area contributed by atoms with Crippen molar-refractivity contribution >= 4 is 16.9 Å². The van der Waals surface area contributed by atoms with Crippen LogP contribution >= 0.6 is 0 Å². The lowest BCUT2D eigenvalue weighted by atomic mass is 9.87. The second-order valence-electron chi connectivity index (χ2n) is 9.31. The number of aromatic nitrogens is 2. The van der Waals surface area contributed by atoms with Crippen molar-refractivity contribution in [3.8, 4) is 0 Å². The molecule has 0 bridgehead atoms. The van der Waals surface area contributed by atoms with Gasteiger partial charge in [-0.05, 0) is 40.7 Å². The molecule has 32 heavy (non-hydrogen) atoms. The van der Waals surface area contributed by atoms with Crippen molar-refractivity contribution in [3.05, 3.63) is 101 Å². The van der Waals surface area contributed by atoms with Gasteiger partial charge in [-0.1, -0.05) is 87.5 Å². The fourth-order valence-corrected chi connectivity index (χ4v) is 3.90. The third-order valence-corrected chi connectivity index (χ3v) is 5.82. The molecular formula is C28H31N3O. The lowest BCUT2D eigenvalue weighted by Gasteiger charge is -2.19. The Kier molecular flexibility index (Phi) is 6.40. The molecule has 1 amide bonds. The van der Waals surface area contributed by atoms with Crippen LogP contribution in [0.3, 0.4) is 0 Å². The molecule has 0 radical (unpaired) electrons. The zero-order valence-electron chi connectivity index (χ0n) is 19.1. The van der Waals surface area contributed by atoms with Gasteiger partial charge in [0.05, 0.1) is 17.6 Å². The first-order valence-corrected chi connectivity index (χ1v) is 11.2. The molecule has 0 aliphatic rings. The summed E-state index contributed by atoms with van der Waals surface area (Å²) in [6, 6.07) is 27.1. The molecule has 1 N–H and O–H groups in total. The van der Waals surface area contributed by atoms with Crippen molar-refractivity contribution < 1.29 is 4.79 Å². The van der Waals surface area contributed by atoms with E-state index in [1.165, 1.54) is 16.7 Å². The number of rotatable bonds is 7. The smallest absolute Gasteiger partial charge is 0.220 e. The minimum atomic E-state index is 0.0435. The minimum absolute atomic E-state index is 0.0435. The number of fused-ring (bicyclic) bond motifs is 1. The Morgan fingerprint density at radius 1 is 0.875 bits per heavy atom. The summed E-state index contributed by atoms with van der Waals surface area (Å²) in [7, 11) is 0. The Labute approximate surface area is 190 Å². The van der Waals surface area contributed by atoms with Gasteiger partial charge >= 0.3 is 0 Å². The molecular weight excluding hydrogens is 394 g/mol. The molecule has 4 nitrogen and oxygen atoms in total. The second kappa shape index (κ2) is 9.39. The Morgan fingerprint density at radius 2 is 1.56 bits per heavy atom. The normalized spacial score (nSPS) is 11.6. The maximum absolute atomic E-state index is 12.5. The van der Waals surface area contributed by atoms with E-state index in [0.717, 1.165) is 29.8 Å². The fraction of sp³-hybridized carbons (Fsp3) is 0.286. The summed E-state index contributed by atoms with van der Waals surface area (Å²) in [5, 5.41) is 3.06. The van der Waals surface area contributed by atoms with E-state index >= 15 is 0 Å². The molecule has 0 aliphatic carbocycles. The topological polar surface area (TPSA) is 46.9 Å². The largest absolute Gasteiger partial charge is 0.349 e. The first-order chi connectivity index (χ1) is 15.4. The Bertz CT molecular complexity index is 1190. The summed E-state index contributed by atoms with van der Waals surface area (Å²) in [5.74, 6) is 0.918. The molecule has 0 saturated heterocycles. The van der Waals surface area contributed by atoms with Crippen LogP contribution in [-0.2, 0) is 29.7 Å². The van der Waals surface area contributed by atoms with Crippen LogP contribution in [0, 0.1) is 0 Å². The number of para-hydroxylation sites is 2. The van der Waals surface area contributed by atoms with Crippen molar-refractivity contribution in [2.24, 2.45) is 0 Å². The molecule has 1 heterocycles. The lowest BCUT2D eigenvalue weighted by Crippen LogP contribution is -2.25. The van der Waals surface area contributed by atoms with Crippen molar-refractivity contribution in [1.82, 2.24) is 14.9 Å². The van der Waals surface area contributed by atoms with Crippen LogP contribution < -0.4 is 5.32 Å². The van der Waals surface area contributed by atoms with E-state index in [9.17, 15) is 4.79 Å². The van der Waals surface area contributed by atoms with Gasteiger partial charge in [-0.25, -0.2) is 4.98 Å². The summed E-state index contributed by atoms with van der Waals surface area (Å²) >= 11 is 0. The molecule has 0 saturated carbocycles. The molecule has 0 fully saturated rings. The van der Waals surface area contributed by atoms with Crippen LogP contribution in [0.4, 0.5) is 0 Å². The van der Waals surface area contributed by atoms with Gasteiger partial charge in [-0.15, -0.1) is 0 Å². The van der Waals surface area contributed by atoms with Crippen molar-refractivity contribution in [2.45, 2.75) is 52.1 Å². The standard InChI is InChI=1S/C28H31N3O/c1-28(2,3)23-16-13-22(14-17-23)20-31-25-12-8-7-11-24(25)30-26(31)19-29-27(32)18-15-21-9-5-4-6-10-21/h4-14,16-17H,15,18-20H2,1-3H3,(H,29,32). The maximum atomic E-state index is 12.5. The average molecular weight is 426 g/mol. The number of hydrogen-bond donors (Lipinski definition) is 1. The number of carbonyl (C=O) groups excluding carboxylic acids is 1. The second-order valence-corrected chi connectivity index (χ2v) is 9.31. The monoisotopic (exact) mass is 425 g/mol. The molecule has 4 heteroatoms. The van der Waals surface area contributed by atoms with Crippen LogP contribution in [0.25, 0.3) is 11.0 Å². The van der Waals surface area contributed by atoms with Crippen LogP contribution in [0.1, 0.15) is 49.7 Å². The summed E-state index contributed by atoms with van der Waals surface area (Å²) < 4.78 is 2.21. The van der Waals surface area contributed by atoms with Crippen molar-refractivity contribution in [2.75, 3.05) is 0 Å². The van der Waals surface area contributed by atoms with E-state index in [-0.39, 0.29) is 11.3 Å². The Balaban J connectivity index is 1.48. The highest BCUT2D eigenvalue weighted by Gasteiger charge is 2.15. The van der Waals surface area contributed by atoms with Gasteiger partial charge in [-0.2, -0.15) is 0 Å². The summed E-state index contributed by atoms with van der Waals surface area (Å²) in [4.78, 5) is 17.3. The van der Waals surface area contributed by atoms with Gasteiger partial charge in [0.1, 0.15) is 5.82 Å². The Morgan fingerprint density at radius 3 is 2.28 bits per heavy atom. The van der Waals surface area contributed by atoms with Gasteiger partial charge in [0.25, 0.3) is 0 Å². The number of aryl methyl sites for hydroxylation is 1. The highest BCUT2D eigenvalue weighted by Crippen LogP contribution is 2.23. The number of imidazole rings is 1. The van der Waals surface area contributed by atoms with Gasteiger partial charge in [0.15, 0.2) is 0 Å². The van der Waals surface area contributed by atoms with E-state index in [0.29, 0.717) is 13.0 Å². The van der Waals surface area contributed by atoms with E-state index in [1.54, 1.807) is 0 Å². The first kappa shape index (κ1) is 21.8. The SMILES string of the molecule is CC(C)(C)c1ccc(Cn2c(CNC(=O)CCc3ccccc3)nc3ccccc32)cc1. The molecule has 164 valence electrons. The van der Waals surface area contributed by atoms with E-state index < -0.39 is 0 Å². The first-order valence-electron chi connectivity index (χ1n) is 11.2. The highest BCUT2D eigenvalue weighted by atomic mass is 16.1. The summed E-state index contributed by atoms with van der Waals surface area (Å²) in [6.07, 6.45) is 1.21. The predicted octanol–water partition coefficient (Wildman–Crippen LogP) is 5.63. The molecule has 0 atom stereocenters. The van der Waals surface area contributed by atoms with E-state index in [4.69, 9.17) is 4.98 Å². The number of carbonyl (C=O) groups is 1. The average Bonchev–Trinajstić information content (AvgIpc) is 3.14. The minimum Gasteiger partial charge on any atom is -0.349 e. The number of nitrogens with zero attached hydrogens (tertiary/aromatic N) is 2. The summed E-state index contributed by atoms with van der Waals surface area (Å²) in [6.45, 7) is 7.82. The summed E-state index contributed by atoms with van der Waals surface area (Å²) in [5.41, 5.74) is 5.89. The number of amides is 1. The Hall–Kier alpha value is -3.40. The maximum Gasteiger partial charge on any atom is 0.220 e. The highest BCUT2D eigenvalue weighted by molar-refractivity contribution is 5.77. The molecule has 1 aromatic heterocycles. The number of hydrogen-bond acceptors (Lipinski definition) is 2. The van der Waals surface area contributed by atoms with E-state index in [2.05, 4.69) is 73.1 Å². The van der Waals surface area contributed by atoms with Gasteiger partial charge in [-0.3, -0.25) is 4.79 Å². The van der Waals surface area contributed by atoms with Gasteiger partial charge < -0.3 is 9.88 Å². The molecule has 0 spiro atoms. The molecule has 4 rings (SSSR count). The zero-order valence-corrected chi connectivity index (χ0v) is 19.1. The zero-order chi connectivity index (χ0) is 22.6. The fourth-order valence-electron chi connectivity index (χ4n) is 3.90. The van der Waals surface area contributed by atoms with Crippen molar-refractivity contribution in [1.29, 1.82) is 0 Å². The number of benzene rings is 3. The lowest BCUT2D eigenvalue weighted by molar-refractivity contribution is -0.121. The van der Waals surface area contributed by atoms with Crippen LogP contribution in [0.2, 0.25) is 0 Å². The molecule has 4 aromatic rings. The predicted molar refractivity (Wildman–Crippen MR) is 131 cm³/mol. The van der Waals surface area contributed by atoms with Crippen LogP contribution in [0.5, 0.6) is 0 Å². The molecule has 3 aromatic carbocycles. The van der Waals surface area contributed by atoms with E-state index in [1.807, 2.05) is 36.4 Å². The quantitative estimate of drug-likeness (QED) is 0.417. The van der Waals surface area contributed by atoms with Crippen LogP contribution in [0.15, 0.2) is 78.9 Å².